The molecule has 7 nitrogen and oxygen atoms in total. The van der Waals surface area contributed by atoms with Gasteiger partial charge in [0.1, 0.15) is 0 Å². The van der Waals surface area contributed by atoms with Crippen LogP contribution in [0.15, 0.2) is 0 Å². The predicted molar refractivity (Wildman–Crippen MR) is 133 cm³/mol. The molecule has 31 heavy (non-hydrogen) atoms. The van der Waals surface area contributed by atoms with Gasteiger partial charge in [-0.15, -0.1) is 0 Å². The maximum Gasteiger partial charge on any atom is 0.321 e. The van der Waals surface area contributed by atoms with Gasteiger partial charge >= 0.3 is 18.6 Å². The second kappa shape index (κ2) is 23.3. The van der Waals surface area contributed by atoms with Crippen LogP contribution >= 0.6 is 0 Å². The normalized spacial score (nSPS) is 13.9. The zero-order valence-electron chi connectivity index (χ0n) is 21.2. The lowest BCUT2D eigenvalue weighted by Gasteiger charge is -2.18. The van der Waals surface area contributed by atoms with Crippen LogP contribution in [0.5, 0.6) is 0 Å². The Morgan fingerprint density at radius 1 is 0.581 bits per heavy atom. The lowest BCUT2D eigenvalue weighted by molar-refractivity contribution is 0.0469. The largest absolute Gasteiger partial charge is 0.397 e. The third-order valence-electron chi connectivity index (χ3n) is 4.75. The van der Waals surface area contributed by atoms with Crippen molar-refractivity contribution in [3.8, 4) is 0 Å². The highest BCUT2D eigenvalue weighted by molar-refractivity contribution is 6.44. The van der Waals surface area contributed by atoms with Crippen LogP contribution in [0, 0.1) is 0 Å². The molecule has 0 amide bonds. The molecule has 0 aromatic carbocycles. The second-order valence-corrected chi connectivity index (χ2v) is 11.9. The van der Waals surface area contributed by atoms with Gasteiger partial charge in [-0.1, -0.05) is 0 Å². The molecule has 2 atom stereocenters. The van der Waals surface area contributed by atoms with E-state index in [-0.39, 0.29) is 12.2 Å². The summed E-state index contributed by atoms with van der Waals surface area (Å²) < 4.78 is 34.6. The zero-order valence-corrected chi connectivity index (χ0v) is 23.5. The van der Waals surface area contributed by atoms with Crippen LogP contribution in [0.25, 0.3) is 0 Å². The van der Waals surface area contributed by atoms with Gasteiger partial charge in [-0.3, -0.25) is 0 Å². The minimum absolute atomic E-state index is 0.207. The van der Waals surface area contributed by atoms with Crippen molar-refractivity contribution >= 4 is 18.6 Å². The zero-order chi connectivity index (χ0) is 23.2. The molecule has 0 saturated carbocycles. The lowest BCUT2D eigenvalue weighted by atomic mass is 10.3. The quantitative estimate of drug-likeness (QED) is 0.167. The molecule has 0 aromatic rings. The summed E-state index contributed by atoms with van der Waals surface area (Å²) in [5.41, 5.74) is 0. The van der Waals surface area contributed by atoms with Crippen molar-refractivity contribution in [1.29, 1.82) is 0 Å². The van der Waals surface area contributed by atoms with Crippen LogP contribution in [0.4, 0.5) is 0 Å². The molecule has 0 aliphatic carbocycles. The van der Waals surface area contributed by atoms with Gasteiger partial charge in [0.15, 0.2) is 0 Å². The van der Waals surface area contributed by atoms with E-state index in [1.807, 2.05) is 27.7 Å². The Morgan fingerprint density at radius 3 is 1.26 bits per heavy atom. The fourth-order valence-electron chi connectivity index (χ4n) is 3.18. The first kappa shape index (κ1) is 31.2. The van der Waals surface area contributed by atoms with E-state index < -0.39 is 18.6 Å². The molecule has 188 valence electrons. The molecule has 0 aliphatic rings. The molecule has 0 fully saturated rings. The highest BCUT2D eigenvalue weighted by atomic mass is 28.3. The monoisotopic (exact) mass is 481 g/mol. The summed E-state index contributed by atoms with van der Waals surface area (Å²) in [7, 11) is -2.90. The van der Waals surface area contributed by atoms with Crippen molar-refractivity contribution in [2.75, 3.05) is 52.7 Å². The van der Waals surface area contributed by atoms with Gasteiger partial charge in [0.05, 0.1) is 12.2 Å². The van der Waals surface area contributed by atoms with E-state index in [9.17, 15) is 0 Å². The summed E-state index contributed by atoms with van der Waals surface area (Å²) in [5.74, 6) is 0. The molecule has 0 saturated heterocycles. The highest BCUT2D eigenvalue weighted by Crippen LogP contribution is 2.07. The molecule has 0 bridgehead atoms. The smallest absolute Gasteiger partial charge is 0.321 e. The Hall–Kier alpha value is 0.154. The van der Waals surface area contributed by atoms with Crippen LogP contribution in [0.3, 0.4) is 0 Å². The van der Waals surface area contributed by atoms with Crippen LogP contribution in [-0.4, -0.2) is 83.5 Å². The average molecular weight is 482 g/mol. The summed E-state index contributed by atoms with van der Waals surface area (Å²) in [6, 6.07) is 2.12. The summed E-state index contributed by atoms with van der Waals surface area (Å²) in [6.07, 6.45) is 4.75. The number of hydrogen-bond donors (Lipinski definition) is 1. The van der Waals surface area contributed by atoms with Gasteiger partial charge in [-0.2, -0.15) is 0 Å². The standard InChI is InChI=1S/C22H51NO6Si2/c1-7-26-30(27-8-2)17-13-11-15-24-21(5)19-23-20-22(6)25-16-12-14-18-31(28-9-3)29-10-4/h21-23,30-31H,7-20H2,1-6H3. The Labute approximate surface area is 195 Å². The second-order valence-electron chi connectivity index (χ2n) is 7.69. The maximum absolute atomic E-state index is 5.91. The summed E-state index contributed by atoms with van der Waals surface area (Å²) in [6.45, 7) is 18.7. The SMILES string of the molecule is CCO[SiH](CCCCOC(C)CNCC(C)OCCCC[SiH](OCC)OCC)OCC. The summed E-state index contributed by atoms with van der Waals surface area (Å²) in [5, 5.41) is 3.45. The first-order valence-corrected chi connectivity index (χ1v) is 16.0. The summed E-state index contributed by atoms with van der Waals surface area (Å²) >= 11 is 0. The van der Waals surface area contributed by atoms with Crippen molar-refractivity contribution in [2.45, 2.75) is 91.5 Å². The van der Waals surface area contributed by atoms with E-state index in [2.05, 4.69) is 19.2 Å². The number of unbranched alkanes of at least 4 members (excludes halogenated alkanes) is 2. The third-order valence-corrected chi connectivity index (χ3v) is 9.33. The highest BCUT2D eigenvalue weighted by Gasteiger charge is 2.12. The minimum atomic E-state index is -1.45. The molecule has 1 N–H and O–H groups in total. The van der Waals surface area contributed by atoms with E-state index in [0.717, 1.165) is 90.5 Å². The fourth-order valence-corrected chi connectivity index (χ4v) is 6.77. The van der Waals surface area contributed by atoms with Gasteiger partial charge in [0.2, 0.25) is 0 Å². The minimum Gasteiger partial charge on any atom is -0.397 e. The van der Waals surface area contributed by atoms with E-state index in [1.54, 1.807) is 0 Å². The van der Waals surface area contributed by atoms with Crippen molar-refractivity contribution in [2.24, 2.45) is 0 Å². The fraction of sp³-hybridized carbons (Fsp3) is 1.00. The number of rotatable bonds is 24. The Kier molecular flexibility index (Phi) is 23.4. The first-order chi connectivity index (χ1) is 15.1. The molecule has 0 aromatic heterocycles. The van der Waals surface area contributed by atoms with Gasteiger partial charge < -0.3 is 32.5 Å². The molecule has 0 aliphatic heterocycles. The number of nitrogens with one attached hydrogen (secondary N) is 1. The van der Waals surface area contributed by atoms with Crippen molar-refractivity contribution in [1.82, 2.24) is 5.32 Å². The predicted octanol–water partition coefficient (Wildman–Crippen LogP) is 3.53. The van der Waals surface area contributed by atoms with Crippen LogP contribution in [-0.2, 0) is 27.2 Å². The van der Waals surface area contributed by atoms with E-state index in [1.165, 1.54) is 0 Å². The van der Waals surface area contributed by atoms with E-state index in [0.29, 0.717) is 0 Å². The molecule has 0 radical (unpaired) electrons. The molecular weight excluding hydrogens is 430 g/mol. The van der Waals surface area contributed by atoms with E-state index >= 15 is 0 Å². The van der Waals surface area contributed by atoms with Gasteiger partial charge in [-0.05, 0) is 79.3 Å². The Morgan fingerprint density at radius 2 is 0.935 bits per heavy atom. The Balaban J connectivity index is 3.60. The molecule has 0 rings (SSSR count). The van der Waals surface area contributed by atoms with Crippen LogP contribution in [0.1, 0.15) is 67.2 Å². The Bertz CT molecular complexity index is 327. The van der Waals surface area contributed by atoms with Crippen LogP contribution < -0.4 is 5.32 Å². The van der Waals surface area contributed by atoms with Gasteiger partial charge in [0.25, 0.3) is 0 Å². The van der Waals surface area contributed by atoms with Gasteiger partial charge in [0, 0.05) is 52.7 Å². The average Bonchev–Trinajstić information content (AvgIpc) is 2.73. The first-order valence-electron chi connectivity index (χ1n) is 12.5. The number of ether oxygens (including phenoxy) is 2. The number of hydrogen-bond acceptors (Lipinski definition) is 7. The van der Waals surface area contributed by atoms with Crippen molar-refractivity contribution in [3.05, 3.63) is 0 Å². The molecule has 9 heteroatoms. The maximum atomic E-state index is 5.91. The third kappa shape index (κ3) is 20.5. The van der Waals surface area contributed by atoms with Crippen LogP contribution in [0.2, 0.25) is 12.1 Å². The van der Waals surface area contributed by atoms with Crippen molar-refractivity contribution < 1.29 is 27.2 Å². The summed E-state index contributed by atoms with van der Waals surface area (Å²) in [4.78, 5) is 0. The molecular formula is C22H51NO6Si2. The van der Waals surface area contributed by atoms with Gasteiger partial charge in [-0.25, -0.2) is 0 Å². The molecule has 0 spiro atoms. The van der Waals surface area contributed by atoms with Crippen molar-refractivity contribution in [3.63, 3.8) is 0 Å². The molecule has 0 heterocycles. The topological polar surface area (TPSA) is 67.4 Å². The molecule has 2 unspecified atom stereocenters. The lowest BCUT2D eigenvalue weighted by Crippen LogP contribution is -2.33. The van der Waals surface area contributed by atoms with E-state index in [4.69, 9.17) is 27.2 Å².